The van der Waals surface area contributed by atoms with Crippen LogP contribution >= 0.6 is 0 Å². The summed E-state index contributed by atoms with van der Waals surface area (Å²) in [6.07, 6.45) is 1.68. The molecule has 3 aromatic rings. The van der Waals surface area contributed by atoms with Crippen LogP contribution in [-0.4, -0.2) is 33.1 Å². The minimum absolute atomic E-state index is 0.0169. The number of fused-ring (bicyclic) bond motifs is 1. The number of aromatic nitrogens is 1. The predicted molar refractivity (Wildman–Crippen MR) is 104 cm³/mol. The average Bonchev–Trinajstić information content (AvgIpc) is 3.19. The van der Waals surface area contributed by atoms with Crippen molar-refractivity contribution in [2.45, 2.75) is 20.4 Å². The number of rotatable bonds is 3. The van der Waals surface area contributed by atoms with E-state index in [1.807, 2.05) is 36.6 Å². The second-order valence-electron chi connectivity index (χ2n) is 7.00. The Bertz CT molecular complexity index is 1170. The lowest BCUT2D eigenvalue weighted by Crippen LogP contribution is -2.08. The number of ketones is 1. The summed E-state index contributed by atoms with van der Waals surface area (Å²) in [7, 11) is 0. The lowest BCUT2D eigenvalue weighted by molar-refractivity contribution is -0.146. The molecule has 4 rings (SSSR count). The zero-order chi connectivity index (χ0) is 20.0. The molecule has 0 unspecified atom stereocenters. The number of hydrogen-bond acceptors (Lipinski definition) is 5. The highest BCUT2D eigenvalue weighted by Gasteiger charge is 2.33. The highest BCUT2D eigenvalue weighted by atomic mass is 16.5. The maximum absolute atomic E-state index is 12.0. The molecule has 1 saturated heterocycles. The highest BCUT2D eigenvalue weighted by Crippen LogP contribution is 2.35. The first-order valence-corrected chi connectivity index (χ1v) is 8.87. The van der Waals surface area contributed by atoms with Gasteiger partial charge < -0.3 is 19.5 Å². The van der Waals surface area contributed by atoms with E-state index < -0.39 is 11.8 Å². The summed E-state index contributed by atoms with van der Waals surface area (Å²) in [4.78, 5) is 23.3. The van der Waals surface area contributed by atoms with Crippen molar-refractivity contribution < 1.29 is 24.5 Å². The lowest BCUT2D eigenvalue weighted by Gasteiger charge is -2.09. The Kier molecular flexibility index (Phi) is 4.19. The first kappa shape index (κ1) is 17.9. The molecule has 142 valence electrons. The van der Waals surface area contributed by atoms with Crippen LogP contribution in [0.25, 0.3) is 16.7 Å². The normalized spacial score (nSPS) is 15.9. The number of ether oxygens (including phenoxy) is 1. The number of hydrogen-bond donors (Lipinski definition) is 2. The van der Waals surface area contributed by atoms with E-state index in [1.54, 1.807) is 12.3 Å². The van der Waals surface area contributed by atoms with Crippen molar-refractivity contribution in [1.29, 1.82) is 0 Å². The van der Waals surface area contributed by atoms with Gasteiger partial charge in [0.05, 0.1) is 16.5 Å². The number of phenols is 1. The SMILES string of the molecule is Cc1ccc(Cn2cc(C(O)=C3COC(=O)C3=O)c3c(O)cccc32)c(C)c1. The van der Waals surface area contributed by atoms with Crippen molar-refractivity contribution in [2.24, 2.45) is 0 Å². The van der Waals surface area contributed by atoms with Crippen molar-refractivity contribution in [3.05, 3.63) is 70.4 Å². The molecule has 0 aliphatic carbocycles. The zero-order valence-electron chi connectivity index (χ0n) is 15.5. The number of Topliss-reactive ketones (excluding diaryl/α,β-unsaturated/α-hetero) is 1. The Morgan fingerprint density at radius 2 is 1.96 bits per heavy atom. The number of carbonyl (C=O) groups is 2. The van der Waals surface area contributed by atoms with Crippen LogP contribution in [0.4, 0.5) is 0 Å². The molecular formula is C22H19NO5. The number of aliphatic hydroxyl groups excluding tert-OH is 1. The van der Waals surface area contributed by atoms with E-state index in [2.05, 4.69) is 6.07 Å². The van der Waals surface area contributed by atoms with Crippen molar-refractivity contribution in [3.63, 3.8) is 0 Å². The van der Waals surface area contributed by atoms with E-state index in [0.29, 0.717) is 23.0 Å². The van der Waals surface area contributed by atoms with Gasteiger partial charge in [-0.3, -0.25) is 4.79 Å². The van der Waals surface area contributed by atoms with Gasteiger partial charge in [-0.15, -0.1) is 0 Å². The molecule has 1 aliphatic rings. The minimum atomic E-state index is -0.982. The fraction of sp³-hybridized carbons (Fsp3) is 0.182. The van der Waals surface area contributed by atoms with Gasteiger partial charge in [-0.05, 0) is 37.1 Å². The lowest BCUT2D eigenvalue weighted by atomic mass is 10.1. The van der Waals surface area contributed by atoms with E-state index in [-0.39, 0.29) is 23.7 Å². The van der Waals surface area contributed by atoms with Crippen molar-refractivity contribution >= 4 is 28.4 Å². The molecule has 2 aromatic carbocycles. The summed E-state index contributed by atoms with van der Waals surface area (Å²) in [6, 6.07) is 11.2. The zero-order valence-corrected chi connectivity index (χ0v) is 15.5. The van der Waals surface area contributed by atoms with Crippen LogP contribution in [0.15, 0.2) is 48.2 Å². The smallest absolute Gasteiger partial charge is 0.379 e. The first-order valence-electron chi connectivity index (χ1n) is 8.87. The van der Waals surface area contributed by atoms with E-state index in [0.717, 1.165) is 11.1 Å². The van der Waals surface area contributed by atoms with Gasteiger partial charge in [-0.2, -0.15) is 0 Å². The topological polar surface area (TPSA) is 88.8 Å². The van der Waals surface area contributed by atoms with E-state index in [9.17, 15) is 19.8 Å². The van der Waals surface area contributed by atoms with Crippen molar-refractivity contribution in [1.82, 2.24) is 4.57 Å². The number of esters is 1. The molecule has 0 atom stereocenters. The Morgan fingerprint density at radius 3 is 2.64 bits per heavy atom. The number of benzene rings is 2. The standard InChI is InChI=1S/C22H19NO5/c1-12-6-7-14(13(2)8-12)9-23-10-15(19-17(23)4-3-5-18(19)24)20(25)16-11-28-22(27)21(16)26/h3-8,10,24-25H,9,11H2,1-2H3. The minimum Gasteiger partial charge on any atom is -0.507 e. The molecule has 1 fully saturated rings. The molecule has 0 saturated carbocycles. The van der Waals surface area contributed by atoms with Crippen LogP contribution in [0, 0.1) is 13.8 Å². The molecule has 6 heteroatoms. The summed E-state index contributed by atoms with van der Waals surface area (Å²) in [5, 5.41) is 21.5. The van der Waals surface area contributed by atoms with Crippen LogP contribution in [0.1, 0.15) is 22.3 Å². The van der Waals surface area contributed by atoms with Crippen molar-refractivity contribution in [2.75, 3.05) is 6.61 Å². The molecular weight excluding hydrogens is 358 g/mol. The molecule has 0 radical (unpaired) electrons. The van der Waals surface area contributed by atoms with Gasteiger partial charge in [-0.1, -0.05) is 29.8 Å². The van der Waals surface area contributed by atoms with Gasteiger partial charge in [0.1, 0.15) is 18.1 Å². The fourth-order valence-corrected chi connectivity index (χ4v) is 3.58. The third-order valence-electron chi connectivity index (χ3n) is 5.07. The Balaban J connectivity index is 1.88. The summed E-state index contributed by atoms with van der Waals surface area (Å²) >= 11 is 0. The second-order valence-corrected chi connectivity index (χ2v) is 7.00. The van der Waals surface area contributed by atoms with E-state index in [4.69, 9.17) is 4.74 Å². The monoisotopic (exact) mass is 377 g/mol. The van der Waals surface area contributed by atoms with Gasteiger partial charge in [0.15, 0.2) is 0 Å². The Morgan fingerprint density at radius 1 is 1.18 bits per heavy atom. The molecule has 0 spiro atoms. The van der Waals surface area contributed by atoms with Gasteiger partial charge in [0.2, 0.25) is 0 Å². The summed E-state index contributed by atoms with van der Waals surface area (Å²) in [5.41, 5.74) is 4.30. The second kappa shape index (κ2) is 6.56. The van der Waals surface area contributed by atoms with E-state index in [1.165, 1.54) is 11.6 Å². The van der Waals surface area contributed by atoms with Crippen LogP contribution in [0.2, 0.25) is 0 Å². The molecule has 2 N–H and O–H groups in total. The van der Waals surface area contributed by atoms with Gasteiger partial charge in [0, 0.05) is 18.3 Å². The third kappa shape index (κ3) is 2.83. The number of cyclic esters (lactones) is 1. The molecule has 0 bridgehead atoms. The number of nitrogens with zero attached hydrogens (tertiary/aromatic N) is 1. The average molecular weight is 377 g/mol. The number of aromatic hydroxyl groups is 1. The number of carbonyl (C=O) groups excluding carboxylic acids is 2. The van der Waals surface area contributed by atoms with Crippen molar-refractivity contribution in [3.8, 4) is 5.75 Å². The maximum Gasteiger partial charge on any atom is 0.379 e. The molecule has 2 heterocycles. The molecule has 0 amide bonds. The molecule has 28 heavy (non-hydrogen) atoms. The van der Waals surface area contributed by atoms with Gasteiger partial charge in [0.25, 0.3) is 5.78 Å². The molecule has 6 nitrogen and oxygen atoms in total. The quantitative estimate of drug-likeness (QED) is 0.316. The molecule has 1 aliphatic heterocycles. The largest absolute Gasteiger partial charge is 0.507 e. The number of aryl methyl sites for hydroxylation is 2. The number of phenolic OH excluding ortho intramolecular Hbond substituents is 1. The molecule has 1 aromatic heterocycles. The number of aliphatic hydroxyl groups is 1. The van der Waals surface area contributed by atoms with Crippen LogP contribution < -0.4 is 0 Å². The summed E-state index contributed by atoms with van der Waals surface area (Å²) < 4.78 is 6.62. The predicted octanol–water partition coefficient (Wildman–Crippen LogP) is 3.41. The van der Waals surface area contributed by atoms with Gasteiger partial charge >= 0.3 is 5.97 Å². The van der Waals surface area contributed by atoms with Crippen LogP contribution in [0.3, 0.4) is 0 Å². The van der Waals surface area contributed by atoms with Gasteiger partial charge in [-0.25, -0.2) is 4.79 Å². The Labute approximate surface area is 161 Å². The summed E-state index contributed by atoms with van der Waals surface area (Å²) in [6.45, 7) is 4.31. The van der Waals surface area contributed by atoms with E-state index >= 15 is 0 Å². The summed E-state index contributed by atoms with van der Waals surface area (Å²) in [5.74, 6) is -2.20. The van der Waals surface area contributed by atoms with Crippen LogP contribution in [0.5, 0.6) is 5.75 Å². The fourth-order valence-electron chi connectivity index (χ4n) is 3.58. The third-order valence-corrected chi connectivity index (χ3v) is 5.07. The first-order chi connectivity index (χ1) is 13.4. The Hall–Kier alpha value is -3.54. The van der Waals surface area contributed by atoms with Crippen LogP contribution in [-0.2, 0) is 20.9 Å². The highest BCUT2D eigenvalue weighted by molar-refractivity contribution is 6.43. The maximum atomic E-state index is 12.0.